The normalized spacial score (nSPS) is 13.1. The Hall–Kier alpha value is -3.21. The third kappa shape index (κ3) is 2.64. The highest BCUT2D eigenvalue weighted by Gasteiger charge is 2.29. The highest BCUT2D eigenvalue weighted by Crippen LogP contribution is 2.24. The van der Waals surface area contributed by atoms with Crippen molar-refractivity contribution in [3.8, 4) is 0 Å². The average Bonchev–Trinajstić information content (AvgIpc) is 2.82. The first-order valence-corrected chi connectivity index (χ1v) is 6.68. The van der Waals surface area contributed by atoms with E-state index in [2.05, 4.69) is 10.6 Å². The lowest BCUT2D eigenvalue weighted by Gasteiger charge is -2.05. The van der Waals surface area contributed by atoms with E-state index in [9.17, 15) is 14.4 Å². The van der Waals surface area contributed by atoms with Gasteiger partial charge in [0.1, 0.15) is 0 Å². The zero-order chi connectivity index (χ0) is 15.5. The molecule has 0 aromatic heterocycles. The van der Waals surface area contributed by atoms with Gasteiger partial charge in [0.05, 0.1) is 16.8 Å². The van der Waals surface area contributed by atoms with E-state index in [1.165, 1.54) is 6.08 Å². The van der Waals surface area contributed by atoms with Gasteiger partial charge < -0.3 is 5.32 Å². The first-order chi connectivity index (χ1) is 10.6. The third-order valence-corrected chi connectivity index (χ3v) is 3.25. The van der Waals surface area contributed by atoms with Gasteiger partial charge >= 0.3 is 0 Å². The Morgan fingerprint density at radius 3 is 2.50 bits per heavy atom. The van der Waals surface area contributed by atoms with Gasteiger partial charge in [-0.1, -0.05) is 36.4 Å². The third-order valence-electron chi connectivity index (χ3n) is 3.25. The molecule has 0 saturated heterocycles. The van der Waals surface area contributed by atoms with Crippen molar-refractivity contribution in [1.82, 2.24) is 5.32 Å². The second-order valence-corrected chi connectivity index (χ2v) is 4.74. The number of hydrogen-bond acceptors (Lipinski definition) is 3. The van der Waals surface area contributed by atoms with E-state index in [4.69, 9.17) is 0 Å². The molecule has 5 nitrogen and oxygen atoms in total. The van der Waals surface area contributed by atoms with Crippen LogP contribution in [0.3, 0.4) is 0 Å². The van der Waals surface area contributed by atoms with Crippen molar-refractivity contribution in [2.45, 2.75) is 0 Å². The molecule has 0 saturated carbocycles. The molecule has 2 aromatic rings. The lowest BCUT2D eigenvalue weighted by Crippen LogP contribution is -2.20. The Balaban J connectivity index is 1.80. The summed E-state index contributed by atoms with van der Waals surface area (Å²) < 4.78 is 0. The van der Waals surface area contributed by atoms with Gasteiger partial charge in [0, 0.05) is 6.08 Å². The molecule has 0 spiro atoms. The van der Waals surface area contributed by atoms with Gasteiger partial charge in [0.15, 0.2) is 0 Å². The number of hydrogen-bond donors (Lipinski definition) is 2. The first kappa shape index (κ1) is 13.8. The number of rotatable bonds is 3. The number of carbonyl (C=O) groups is 3. The molecule has 1 heterocycles. The highest BCUT2D eigenvalue weighted by molar-refractivity contribution is 6.24. The molecule has 0 aliphatic carbocycles. The second-order valence-electron chi connectivity index (χ2n) is 4.74. The predicted molar refractivity (Wildman–Crippen MR) is 82.3 cm³/mol. The summed E-state index contributed by atoms with van der Waals surface area (Å²) >= 11 is 0. The molecule has 3 rings (SSSR count). The first-order valence-electron chi connectivity index (χ1n) is 6.68. The Kier molecular flexibility index (Phi) is 3.53. The molecular formula is C17H12N2O3. The van der Waals surface area contributed by atoms with Crippen molar-refractivity contribution >= 4 is 29.5 Å². The van der Waals surface area contributed by atoms with Crippen LogP contribution >= 0.6 is 0 Å². The molecule has 2 N–H and O–H groups in total. The van der Waals surface area contributed by atoms with Crippen LogP contribution < -0.4 is 10.6 Å². The van der Waals surface area contributed by atoms with Crippen LogP contribution in [0, 0.1) is 0 Å². The van der Waals surface area contributed by atoms with Crippen LogP contribution in [-0.4, -0.2) is 17.7 Å². The monoisotopic (exact) mass is 292 g/mol. The largest absolute Gasteiger partial charge is 0.322 e. The van der Waals surface area contributed by atoms with E-state index >= 15 is 0 Å². The molecule has 3 amide bonds. The van der Waals surface area contributed by atoms with Gasteiger partial charge in [-0.25, -0.2) is 0 Å². The molecule has 0 radical (unpaired) electrons. The number of fused-ring (bicyclic) bond motifs is 1. The fourth-order valence-electron chi connectivity index (χ4n) is 2.23. The molecule has 0 atom stereocenters. The SMILES string of the molecule is O=C(C=Cc1ccccc1)Nc1cccc2c1C(=O)NC2=O. The van der Waals surface area contributed by atoms with E-state index in [1.54, 1.807) is 24.3 Å². The fourth-order valence-corrected chi connectivity index (χ4v) is 2.23. The van der Waals surface area contributed by atoms with Crippen LogP contribution in [0.15, 0.2) is 54.6 Å². The maximum Gasteiger partial charge on any atom is 0.261 e. The molecular weight excluding hydrogens is 280 g/mol. The van der Waals surface area contributed by atoms with Crippen LogP contribution in [-0.2, 0) is 4.79 Å². The Morgan fingerprint density at radius 2 is 1.73 bits per heavy atom. The lowest BCUT2D eigenvalue weighted by atomic mass is 10.1. The maximum absolute atomic E-state index is 12.0. The van der Waals surface area contributed by atoms with Crippen molar-refractivity contribution in [2.24, 2.45) is 0 Å². The summed E-state index contributed by atoms with van der Waals surface area (Å²) in [6.07, 6.45) is 3.05. The molecule has 2 aromatic carbocycles. The van der Waals surface area contributed by atoms with Crippen molar-refractivity contribution in [3.05, 3.63) is 71.3 Å². The van der Waals surface area contributed by atoms with Crippen molar-refractivity contribution in [3.63, 3.8) is 0 Å². The van der Waals surface area contributed by atoms with Crippen LogP contribution in [0.25, 0.3) is 6.08 Å². The van der Waals surface area contributed by atoms with Gasteiger partial charge in [-0.05, 0) is 23.8 Å². The van der Waals surface area contributed by atoms with E-state index in [1.807, 2.05) is 30.3 Å². The number of benzene rings is 2. The maximum atomic E-state index is 12.0. The quantitative estimate of drug-likeness (QED) is 0.673. The number of nitrogens with one attached hydrogen (secondary N) is 2. The average molecular weight is 292 g/mol. The summed E-state index contributed by atoms with van der Waals surface area (Å²) in [5.41, 5.74) is 1.69. The van der Waals surface area contributed by atoms with Gasteiger partial charge in [-0.3, -0.25) is 19.7 Å². The Morgan fingerprint density at radius 1 is 0.955 bits per heavy atom. The number of imide groups is 1. The lowest BCUT2D eigenvalue weighted by molar-refractivity contribution is -0.111. The van der Waals surface area contributed by atoms with Crippen molar-refractivity contribution in [2.75, 3.05) is 5.32 Å². The summed E-state index contributed by atoms with van der Waals surface area (Å²) in [6, 6.07) is 14.1. The fraction of sp³-hybridized carbons (Fsp3) is 0. The van der Waals surface area contributed by atoms with Crippen LogP contribution in [0.4, 0.5) is 5.69 Å². The summed E-state index contributed by atoms with van der Waals surface area (Å²) in [5.74, 6) is -1.32. The summed E-state index contributed by atoms with van der Waals surface area (Å²) in [7, 11) is 0. The zero-order valence-corrected chi connectivity index (χ0v) is 11.5. The molecule has 1 aliphatic rings. The minimum atomic E-state index is -0.497. The summed E-state index contributed by atoms with van der Waals surface area (Å²) in [4.78, 5) is 35.3. The highest BCUT2D eigenvalue weighted by atomic mass is 16.2. The van der Waals surface area contributed by atoms with E-state index in [0.29, 0.717) is 5.69 Å². The molecule has 0 bridgehead atoms. The summed E-state index contributed by atoms with van der Waals surface area (Å²) in [5, 5.41) is 4.83. The van der Waals surface area contributed by atoms with Gasteiger partial charge in [0.25, 0.3) is 11.8 Å². The van der Waals surface area contributed by atoms with E-state index in [-0.39, 0.29) is 17.0 Å². The van der Waals surface area contributed by atoms with Crippen LogP contribution in [0.5, 0.6) is 0 Å². The molecule has 1 aliphatic heterocycles. The predicted octanol–water partition coefficient (Wildman–Crippen LogP) is 2.22. The standard InChI is InChI=1S/C17H12N2O3/c20-14(10-9-11-5-2-1-3-6-11)18-13-8-4-7-12-15(13)17(22)19-16(12)21/h1-10H,(H,18,20)(H,19,21,22). The minimum absolute atomic E-state index is 0.203. The number of anilines is 1. The zero-order valence-electron chi connectivity index (χ0n) is 11.5. The van der Waals surface area contributed by atoms with Gasteiger partial charge in [0.2, 0.25) is 5.91 Å². The second kappa shape index (κ2) is 5.65. The van der Waals surface area contributed by atoms with Gasteiger partial charge in [-0.2, -0.15) is 0 Å². The van der Waals surface area contributed by atoms with Crippen LogP contribution in [0.1, 0.15) is 26.3 Å². The topological polar surface area (TPSA) is 75.3 Å². The Labute approximate surface area is 126 Å². The smallest absolute Gasteiger partial charge is 0.261 e. The molecule has 22 heavy (non-hydrogen) atoms. The van der Waals surface area contributed by atoms with Gasteiger partial charge in [-0.15, -0.1) is 0 Å². The van der Waals surface area contributed by atoms with E-state index in [0.717, 1.165) is 5.56 Å². The molecule has 5 heteroatoms. The van der Waals surface area contributed by atoms with Crippen LogP contribution in [0.2, 0.25) is 0 Å². The minimum Gasteiger partial charge on any atom is -0.322 e. The molecule has 0 fully saturated rings. The molecule has 108 valence electrons. The number of amides is 3. The Bertz CT molecular complexity index is 795. The molecule has 0 unspecified atom stereocenters. The summed E-state index contributed by atoms with van der Waals surface area (Å²) in [6.45, 7) is 0. The van der Waals surface area contributed by atoms with Crippen molar-refractivity contribution < 1.29 is 14.4 Å². The van der Waals surface area contributed by atoms with Crippen molar-refractivity contribution in [1.29, 1.82) is 0 Å². The van der Waals surface area contributed by atoms with E-state index < -0.39 is 11.8 Å². The number of carbonyl (C=O) groups excluding carboxylic acids is 3.